The fourth-order valence-electron chi connectivity index (χ4n) is 1.97. The lowest BCUT2D eigenvalue weighted by Gasteiger charge is -2.17. The maximum atomic E-state index is 12.8. The first kappa shape index (κ1) is 15.7. The van der Waals surface area contributed by atoms with Crippen molar-refractivity contribution in [2.24, 2.45) is 0 Å². The van der Waals surface area contributed by atoms with Crippen molar-refractivity contribution in [3.05, 3.63) is 52.2 Å². The van der Waals surface area contributed by atoms with Gasteiger partial charge in [0.2, 0.25) is 5.91 Å². The minimum atomic E-state index is -3.54. The second-order valence-electron chi connectivity index (χ2n) is 4.80. The van der Waals surface area contributed by atoms with Crippen LogP contribution < -0.4 is 5.32 Å². The highest BCUT2D eigenvalue weighted by molar-refractivity contribution is 7.91. The van der Waals surface area contributed by atoms with Crippen LogP contribution in [0.25, 0.3) is 0 Å². The van der Waals surface area contributed by atoms with Gasteiger partial charge in [0, 0.05) is 18.3 Å². The highest BCUT2D eigenvalue weighted by atomic mass is 32.2. The van der Waals surface area contributed by atoms with Crippen molar-refractivity contribution >= 4 is 27.1 Å². The van der Waals surface area contributed by atoms with Gasteiger partial charge in [-0.15, -0.1) is 11.3 Å². The van der Waals surface area contributed by atoms with Crippen LogP contribution >= 0.6 is 11.3 Å². The van der Waals surface area contributed by atoms with E-state index < -0.39 is 15.1 Å². The van der Waals surface area contributed by atoms with E-state index in [2.05, 4.69) is 5.32 Å². The zero-order valence-corrected chi connectivity index (χ0v) is 13.5. The third-order valence-corrected chi connectivity index (χ3v) is 6.36. The Bertz CT molecular complexity index is 704. The molecule has 0 aliphatic heterocycles. The number of hydrogen-bond donors (Lipinski definition) is 1. The topological polar surface area (TPSA) is 63.2 Å². The highest BCUT2D eigenvalue weighted by Gasteiger charge is 2.30. The second-order valence-corrected chi connectivity index (χ2v) is 7.91. The predicted molar refractivity (Wildman–Crippen MR) is 84.1 cm³/mol. The minimum Gasteiger partial charge on any atom is -0.355 e. The van der Waals surface area contributed by atoms with Gasteiger partial charge in [-0.05, 0) is 30.5 Å². The molecule has 0 unspecified atom stereocenters. The van der Waals surface area contributed by atoms with E-state index in [4.69, 9.17) is 0 Å². The molecule has 112 valence electrons. The molecule has 0 aliphatic carbocycles. The maximum Gasteiger partial charge on any atom is 0.216 e. The van der Waals surface area contributed by atoms with Crippen molar-refractivity contribution in [1.82, 2.24) is 5.32 Å². The molecule has 0 saturated carbocycles. The minimum absolute atomic E-state index is 0.0755. The number of carbonyl (C=O) groups is 1. The summed E-state index contributed by atoms with van der Waals surface area (Å²) in [4.78, 5) is 12.1. The van der Waals surface area contributed by atoms with Gasteiger partial charge in [0.15, 0.2) is 9.84 Å². The number of benzene rings is 1. The highest BCUT2D eigenvalue weighted by Crippen LogP contribution is 2.31. The number of nitrogens with one attached hydrogen (secondary N) is 1. The first-order valence-corrected chi connectivity index (χ1v) is 8.92. The van der Waals surface area contributed by atoms with E-state index in [0.717, 1.165) is 10.4 Å². The van der Waals surface area contributed by atoms with Gasteiger partial charge in [-0.2, -0.15) is 0 Å². The summed E-state index contributed by atoms with van der Waals surface area (Å²) in [5, 5.41) is 3.68. The zero-order chi connectivity index (χ0) is 15.5. The molecule has 0 fully saturated rings. The summed E-state index contributed by atoms with van der Waals surface area (Å²) < 4.78 is 25.6. The van der Waals surface area contributed by atoms with Crippen molar-refractivity contribution in [2.45, 2.75) is 24.0 Å². The van der Waals surface area contributed by atoms with Crippen LogP contribution in [0.1, 0.15) is 22.6 Å². The van der Waals surface area contributed by atoms with E-state index in [-0.39, 0.29) is 17.3 Å². The summed E-state index contributed by atoms with van der Waals surface area (Å²) in [7, 11) is -3.54. The average molecular weight is 323 g/mol. The molecule has 6 heteroatoms. The Morgan fingerprint density at radius 1 is 1.24 bits per heavy atom. The quantitative estimate of drug-likeness (QED) is 0.920. The summed E-state index contributed by atoms with van der Waals surface area (Å²) >= 11 is 1.38. The lowest BCUT2D eigenvalue weighted by atomic mass is 10.2. The number of aryl methyl sites for hydroxylation is 1. The van der Waals surface area contributed by atoms with Crippen molar-refractivity contribution in [1.29, 1.82) is 0 Å². The van der Waals surface area contributed by atoms with Crippen LogP contribution in [-0.2, 0) is 14.6 Å². The smallest absolute Gasteiger partial charge is 0.216 e. The monoisotopic (exact) mass is 323 g/mol. The number of carbonyl (C=O) groups excluding carboxylic acids is 1. The zero-order valence-electron chi connectivity index (χ0n) is 11.9. The van der Waals surface area contributed by atoms with Crippen LogP contribution in [0.3, 0.4) is 0 Å². The van der Waals surface area contributed by atoms with Gasteiger partial charge in [0.25, 0.3) is 0 Å². The number of sulfone groups is 1. The molecule has 4 nitrogen and oxygen atoms in total. The number of hydrogen-bond acceptors (Lipinski definition) is 4. The molecule has 0 radical (unpaired) electrons. The van der Waals surface area contributed by atoms with Crippen molar-refractivity contribution in [3.8, 4) is 0 Å². The van der Waals surface area contributed by atoms with E-state index in [1.807, 2.05) is 18.4 Å². The average Bonchev–Trinajstić information content (AvgIpc) is 2.92. The third kappa shape index (κ3) is 3.71. The number of rotatable bonds is 5. The molecule has 0 bridgehead atoms. The fraction of sp³-hybridized carbons (Fsp3) is 0.267. The predicted octanol–water partition coefficient (Wildman–Crippen LogP) is 2.71. The molecule has 0 spiro atoms. The standard InChI is InChI=1S/C15H17NO3S2/c1-11-5-7-13(8-6-11)21(18,19)15(10-16-12(2)17)14-4-3-9-20-14/h3-9,15H,10H2,1-2H3,(H,16,17)/t15-/m1/s1. The van der Waals surface area contributed by atoms with Gasteiger partial charge >= 0.3 is 0 Å². The normalized spacial score (nSPS) is 12.9. The molecule has 1 heterocycles. The molecular weight excluding hydrogens is 306 g/mol. The van der Waals surface area contributed by atoms with Crippen LogP contribution in [0.4, 0.5) is 0 Å². The Morgan fingerprint density at radius 3 is 2.43 bits per heavy atom. The SMILES string of the molecule is CC(=O)NC[C@H](c1cccs1)S(=O)(=O)c1ccc(C)cc1. The Hall–Kier alpha value is -1.66. The summed E-state index contributed by atoms with van der Waals surface area (Å²) in [6, 6.07) is 10.4. The summed E-state index contributed by atoms with van der Waals surface area (Å²) in [5.41, 5.74) is 1.00. The molecule has 1 aromatic heterocycles. The lowest BCUT2D eigenvalue weighted by molar-refractivity contribution is -0.118. The van der Waals surface area contributed by atoms with E-state index >= 15 is 0 Å². The molecule has 1 atom stereocenters. The Kier molecular flexibility index (Phi) is 4.80. The van der Waals surface area contributed by atoms with Gasteiger partial charge in [-0.25, -0.2) is 8.42 Å². The molecule has 21 heavy (non-hydrogen) atoms. The van der Waals surface area contributed by atoms with Crippen LogP contribution in [0.2, 0.25) is 0 Å². The Labute approximate surface area is 128 Å². The van der Waals surface area contributed by atoms with Gasteiger partial charge in [0.1, 0.15) is 5.25 Å². The van der Waals surface area contributed by atoms with E-state index in [1.54, 1.807) is 30.3 Å². The summed E-state index contributed by atoms with van der Waals surface area (Å²) in [5.74, 6) is -0.240. The molecule has 1 N–H and O–H groups in total. The molecule has 0 saturated heterocycles. The Balaban J connectivity index is 2.39. The van der Waals surface area contributed by atoms with Gasteiger partial charge in [-0.3, -0.25) is 4.79 Å². The third-order valence-electron chi connectivity index (χ3n) is 3.12. The maximum absolute atomic E-state index is 12.8. The van der Waals surface area contributed by atoms with Gasteiger partial charge < -0.3 is 5.32 Å². The molecule has 0 aliphatic rings. The molecular formula is C15H17NO3S2. The van der Waals surface area contributed by atoms with Gasteiger partial charge in [-0.1, -0.05) is 23.8 Å². The van der Waals surface area contributed by atoms with Crippen LogP contribution in [-0.4, -0.2) is 20.9 Å². The van der Waals surface area contributed by atoms with Crippen molar-refractivity contribution in [3.63, 3.8) is 0 Å². The van der Waals surface area contributed by atoms with Gasteiger partial charge in [0.05, 0.1) is 4.90 Å². The summed E-state index contributed by atoms with van der Waals surface area (Å²) in [6.45, 7) is 3.36. The largest absolute Gasteiger partial charge is 0.355 e. The molecule has 1 aromatic carbocycles. The van der Waals surface area contributed by atoms with Crippen LogP contribution in [0.15, 0.2) is 46.7 Å². The molecule has 2 rings (SSSR count). The van der Waals surface area contributed by atoms with E-state index in [9.17, 15) is 13.2 Å². The van der Waals surface area contributed by atoms with Crippen LogP contribution in [0.5, 0.6) is 0 Å². The number of amides is 1. The molecule has 1 amide bonds. The summed E-state index contributed by atoms with van der Waals surface area (Å²) in [6.07, 6.45) is 0. The number of thiophene rings is 1. The lowest BCUT2D eigenvalue weighted by Crippen LogP contribution is -2.29. The first-order chi connectivity index (χ1) is 9.91. The van der Waals surface area contributed by atoms with E-state index in [1.165, 1.54) is 18.3 Å². The van der Waals surface area contributed by atoms with E-state index in [0.29, 0.717) is 0 Å². The van der Waals surface area contributed by atoms with Crippen molar-refractivity contribution in [2.75, 3.05) is 6.54 Å². The Morgan fingerprint density at radius 2 is 1.90 bits per heavy atom. The van der Waals surface area contributed by atoms with Crippen molar-refractivity contribution < 1.29 is 13.2 Å². The molecule has 2 aromatic rings. The second kappa shape index (κ2) is 6.41. The van der Waals surface area contributed by atoms with Crippen LogP contribution in [0, 0.1) is 6.92 Å². The first-order valence-electron chi connectivity index (χ1n) is 6.49. The fourth-order valence-corrected chi connectivity index (χ4v) is 4.75.